The Balaban J connectivity index is 2.53. The Bertz CT molecular complexity index is 440. The van der Waals surface area contributed by atoms with E-state index in [4.69, 9.17) is 0 Å². The summed E-state index contributed by atoms with van der Waals surface area (Å²) in [5, 5.41) is 0. The molecule has 0 aliphatic rings. The van der Waals surface area contributed by atoms with Crippen LogP contribution in [-0.2, 0) is 0 Å². The fourth-order valence-electron chi connectivity index (χ4n) is 1.35. The van der Waals surface area contributed by atoms with Gasteiger partial charge in [0.1, 0.15) is 0 Å². The van der Waals surface area contributed by atoms with Gasteiger partial charge in [0, 0.05) is 29.7 Å². The van der Waals surface area contributed by atoms with Crippen molar-refractivity contribution in [1.82, 2.24) is 9.97 Å². The maximum Gasteiger partial charge on any atom is 0.213 e. The third-order valence-electron chi connectivity index (χ3n) is 2.05. The highest BCUT2D eigenvalue weighted by molar-refractivity contribution is 5.64. The van der Waals surface area contributed by atoms with Crippen molar-refractivity contribution in [3.63, 3.8) is 0 Å². The molecule has 0 aromatic carbocycles. The number of pyridine rings is 2. The Kier molecular flexibility index (Phi) is 2.23. The van der Waals surface area contributed by atoms with Gasteiger partial charge in [-0.2, -0.15) is 4.39 Å². The molecule has 0 spiro atoms. The Morgan fingerprint density at radius 3 is 2.79 bits per heavy atom. The van der Waals surface area contributed by atoms with E-state index in [-0.39, 0.29) is 0 Å². The number of hydrogen-bond acceptors (Lipinski definition) is 2. The molecule has 0 atom stereocenters. The van der Waals surface area contributed by atoms with Gasteiger partial charge in [-0.05, 0) is 24.6 Å². The zero-order valence-corrected chi connectivity index (χ0v) is 7.74. The topological polar surface area (TPSA) is 25.8 Å². The minimum absolute atomic E-state index is 0.449. The zero-order chi connectivity index (χ0) is 9.97. The van der Waals surface area contributed by atoms with Gasteiger partial charge in [-0.3, -0.25) is 4.98 Å². The van der Waals surface area contributed by atoms with Crippen LogP contribution in [0.1, 0.15) is 5.56 Å². The summed E-state index contributed by atoms with van der Waals surface area (Å²) >= 11 is 0. The van der Waals surface area contributed by atoms with E-state index in [0.717, 1.165) is 16.7 Å². The van der Waals surface area contributed by atoms with Crippen molar-refractivity contribution in [2.24, 2.45) is 0 Å². The molecule has 0 amide bonds. The number of rotatable bonds is 1. The minimum Gasteiger partial charge on any atom is -0.264 e. The lowest BCUT2D eigenvalue weighted by Crippen LogP contribution is -1.89. The molecule has 2 nitrogen and oxygen atoms in total. The molecule has 3 heteroatoms. The van der Waals surface area contributed by atoms with Crippen molar-refractivity contribution in [2.45, 2.75) is 6.92 Å². The molecule has 0 aliphatic carbocycles. The van der Waals surface area contributed by atoms with Crippen LogP contribution < -0.4 is 0 Å². The summed E-state index contributed by atoms with van der Waals surface area (Å²) in [5.41, 5.74) is 2.74. The van der Waals surface area contributed by atoms with Crippen LogP contribution in [0.15, 0.2) is 36.8 Å². The van der Waals surface area contributed by atoms with Gasteiger partial charge >= 0.3 is 0 Å². The highest BCUT2D eigenvalue weighted by Gasteiger charge is 2.03. The van der Waals surface area contributed by atoms with Crippen LogP contribution in [0.4, 0.5) is 4.39 Å². The quantitative estimate of drug-likeness (QED) is 0.643. The molecule has 0 aliphatic heterocycles. The summed E-state index contributed by atoms with van der Waals surface area (Å²) < 4.78 is 12.7. The molecule has 14 heavy (non-hydrogen) atoms. The third-order valence-corrected chi connectivity index (χ3v) is 2.05. The summed E-state index contributed by atoms with van der Waals surface area (Å²) in [6.07, 6.45) is 4.97. The first-order valence-corrected chi connectivity index (χ1v) is 4.30. The standard InChI is InChI=1S/C11H9FN2/c1-8-5-11(12)14-7-10(8)9-3-2-4-13-6-9/h2-7H,1H3. The van der Waals surface area contributed by atoms with Gasteiger partial charge in [0.25, 0.3) is 0 Å². The van der Waals surface area contributed by atoms with E-state index in [0.29, 0.717) is 0 Å². The third kappa shape index (κ3) is 1.62. The number of hydrogen-bond donors (Lipinski definition) is 0. The molecule has 0 saturated heterocycles. The van der Waals surface area contributed by atoms with E-state index in [1.165, 1.54) is 12.3 Å². The van der Waals surface area contributed by atoms with Crippen LogP contribution in [0.25, 0.3) is 11.1 Å². The lowest BCUT2D eigenvalue weighted by Gasteiger charge is -2.03. The Hall–Kier alpha value is -1.77. The Morgan fingerprint density at radius 1 is 1.29 bits per heavy atom. The van der Waals surface area contributed by atoms with E-state index in [1.807, 2.05) is 19.1 Å². The van der Waals surface area contributed by atoms with Crippen molar-refractivity contribution >= 4 is 0 Å². The molecule has 0 unspecified atom stereocenters. The molecular formula is C11H9FN2. The van der Waals surface area contributed by atoms with Gasteiger partial charge in [0.05, 0.1) is 0 Å². The largest absolute Gasteiger partial charge is 0.264 e. The minimum atomic E-state index is -0.449. The van der Waals surface area contributed by atoms with E-state index >= 15 is 0 Å². The van der Waals surface area contributed by atoms with Crippen molar-refractivity contribution in [3.05, 3.63) is 48.3 Å². The van der Waals surface area contributed by atoms with Crippen molar-refractivity contribution in [3.8, 4) is 11.1 Å². The number of nitrogens with zero attached hydrogens (tertiary/aromatic N) is 2. The molecular weight excluding hydrogens is 179 g/mol. The molecule has 2 heterocycles. The fraction of sp³-hybridized carbons (Fsp3) is 0.0909. The van der Waals surface area contributed by atoms with Crippen molar-refractivity contribution in [1.29, 1.82) is 0 Å². The fourth-order valence-corrected chi connectivity index (χ4v) is 1.35. The summed E-state index contributed by atoms with van der Waals surface area (Å²) in [6, 6.07) is 5.19. The molecule has 0 radical (unpaired) electrons. The first kappa shape index (κ1) is 8.81. The summed E-state index contributed by atoms with van der Waals surface area (Å²) in [6.45, 7) is 1.85. The lowest BCUT2D eigenvalue weighted by atomic mass is 10.1. The lowest BCUT2D eigenvalue weighted by molar-refractivity contribution is 0.583. The van der Waals surface area contributed by atoms with Gasteiger partial charge in [-0.1, -0.05) is 6.07 Å². The summed E-state index contributed by atoms with van der Waals surface area (Å²) in [7, 11) is 0. The van der Waals surface area contributed by atoms with Gasteiger partial charge < -0.3 is 0 Å². The molecule has 0 N–H and O–H groups in total. The normalized spacial score (nSPS) is 10.1. The van der Waals surface area contributed by atoms with E-state index in [2.05, 4.69) is 9.97 Å². The van der Waals surface area contributed by atoms with Crippen LogP contribution in [0.2, 0.25) is 0 Å². The first-order chi connectivity index (χ1) is 6.77. The second-order valence-electron chi connectivity index (χ2n) is 3.06. The predicted molar refractivity (Wildman–Crippen MR) is 52.2 cm³/mol. The molecule has 70 valence electrons. The van der Waals surface area contributed by atoms with Crippen LogP contribution in [0, 0.1) is 12.9 Å². The van der Waals surface area contributed by atoms with Crippen LogP contribution in [0.5, 0.6) is 0 Å². The van der Waals surface area contributed by atoms with E-state index in [9.17, 15) is 4.39 Å². The second-order valence-corrected chi connectivity index (χ2v) is 3.06. The molecule has 2 aromatic heterocycles. The van der Waals surface area contributed by atoms with E-state index < -0.39 is 5.95 Å². The smallest absolute Gasteiger partial charge is 0.213 e. The number of aromatic nitrogens is 2. The van der Waals surface area contributed by atoms with Crippen molar-refractivity contribution < 1.29 is 4.39 Å². The number of aryl methyl sites for hydroxylation is 1. The number of halogens is 1. The van der Waals surface area contributed by atoms with Gasteiger partial charge in [0.2, 0.25) is 5.95 Å². The van der Waals surface area contributed by atoms with Gasteiger partial charge in [-0.25, -0.2) is 4.98 Å². The van der Waals surface area contributed by atoms with Crippen molar-refractivity contribution in [2.75, 3.05) is 0 Å². The molecule has 2 rings (SSSR count). The SMILES string of the molecule is Cc1cc(F)ncc1-c1cccnc1. The average molecular weight is 188 g/mol. The highest BCUT2D eigenvalue weighted by Crippen LogP contribution is 2.21. The molecule has 2 aromatic rings. The monoisotopic (exact) mass is 188 g/mol. The maximum atomic E-state index is 12.7. The van der Waals surface area contributed by atoms with Crippen LogP contribution in [0.3, 0.4) is 0 Å². The maximum absolute atomic E-state index is 12.7. The van der Waals surface area contributed by atoms with Crippen LogP contribution in [-0.4, -0.2) is 9.97 Å². The highest BCUT2D eigenvalue weighted by atomic mass is 19.1. The molecule has 0 bridgehead atoms. The molecule has 0 saturated carbocycles. The Morgan fingerprint density at radius 2 is 2.14 bits per heavy atom. The zero-order valence-electron chi connectivity index (χ0n) is 7.74. The predicted octanol–water partition coefficient (Wildman–Crippen LogP) is 2.59. The summed E-state index contributed by atoms with van der Waals surface area (Å²) in [5.74, 6) is -0.449. The van der Waals surface area contributed by atoms with Crippen LogP contribution >= 0.6 is 0 Å². The molecule has 0 fully saturated rings. The van der Waals surface area contributed by atoms with E-state index in [1.54, 1.807) is 12.4 Å². The Labute approximate surface area is 81.5 Å². The average Bonchev–Trinajstić information content (AvgIpc) is 2.19. The summed E-state index contributed by atoms with van der Waals surface area (Å²) in [4.78, 5) is 7.62. The first-order valence-electron chi connectivity index (χ1n) is 4.30. The second kappa shape index (κ2) is 3.54. The van der Waals surface area contributed by atoms with Gasteiger partial charge in [0.15, 0.2) is 0 Å². The van der Waals surface area contributed by atoms with Gasteiger partial charge in [-0.15, -0.1) is 0 Å².